The predicted molar refractivity (Wildman–Crippen MR) is 100 cm³/mol. The van der Waals surface area contributed by atoms with Crippen LogP contribution in [0.2, 0.25) is 10.0 Å². The van der Waals surface area contributed by atoms with Gasteiger partial charge < -0.3 is 15.4 Å². The second kappa shape index (κ2) is 8.62. The Kier molecular flexibility index (Phi) is 6.53. The number of rotatable bonds is 7. The number of hydrogen-bond acceptors (Lipinski definition) is 3. The first-order valence-corrected chi connectivity index (χ1v) is 8.05. The average molecular weight is 365 g/mol. The Morgan fingerprint density at radius 2 is 1.88 bits per heavy atom. The van der Waals surface area contributed by atoms with Crippen molar-refractivity contribution in [3.05, 3.63) is 64.7 Å². The normalized spacial score (nSPS) is 10.1. The summed E-state index contributed by atoms with van der Waals surface area (Å²) >= 11 is 11.8. The van der Waals surface area contributed by atoms with Crippen LogP contribution in [-0.4, -0.2) is 19.1 Å². The average Bonchev–Trinajstić information content (AvgIpc) is 2.54. The van der Waals surface area contributed by atoms with Gasteiger partial charge in [0.2, 0.25) is 5.91 Å². The van der Waals surface area contributed by atoms with Gasteiger partial charge in [-0.15, -0.1) is 0 Å². The van der Waals surface area contributed by atoms with Crippen LogP contribution in [0.25, 0.3) is 0 Å². The molecular formula is C18H18Cl2N2O2. The first-order valence-electron chi connectivity index (χ1n) is 7.30. The van der Waals surface area contributed by atoms with Gasteiger partial charge >= 0.3 is 0 Å². The third kappa shape index (κ3) is 5.80. The Morgan fingerprint density at radius 3 is 2.50 bits per heavy atom. The fourth-order valence-corrected chi connectivity index (χ4v) is 2.30. The van der Waals surface area contributed by atoms with Gasteiger partial charge in [-0.2, -0.15) is 0 Å². The minimum absolute atomic E-state index is 0.116. The molecule has 4 nitrogen and oxygen atoms in total. The van der Waals surface area contributed by atoms with E-state index in [1.165, 1.54) is 0 Å². The van der Waals surface area contributed by atoms with E-state index in [9.17, 15) is 4.79 Å². The van der Waals surface area contributed by atoms with E-state index in [1.54, 1.807) is 18.2 Å². The summed E-state index contributed by atoms with van der Waals surface area (Å²) in [5, 5.41) is 6.68. The van der Waals surface area contributed by atoms with Crippen LogP contribution >= 0.6 is 23.2 Å². The maximum absolute atomic E-state index is 12.0. The molecule has 0 spiro atoms. The number of nitrogens with one attached hydrogen (secondary N) is 2. The molecule has 24 heavy (non-hydrogen) atoms. The molecule has 0 fully saturated rings. The summed E-state index contributed by atoms with van der Waals surface area (Å²) in [6.07, 6.45) is 0. The lowest BCUT2D eigenvalue weighted by molar-refractivity contribution is -0.114. The molecule has 0 atom stereocenters. The molecule has 2 aromatic rings. The number of amides is 1. The highest BCUT2D eigenvalue weighted by Gasteiger charge is 2.06. The van der Waals surface area contributed by atoms with Crippen molar-refractivity contribution in [2.75, 3.05) is 23.8 Å². The summed E-state index contributed by atoms with van der Waals surface area (Å²) in [5.41, 5.74) is 2.29. The van der Waals surface area contributed by atoms with E-state index in [0.717, 1.165) is 17.0 Å². The number of carbonyl (C=O) groups excluding carboxylic acids is 1. The third-order valence-electron chi connectivity index (χ3n) is 3.00. The van der Waals surface area contributed by atoms with Crippen LogP contribution in [0.1, 0.15) is 6.92 Å². The zero-order valence-corrected chi connectivity index (χ0v) is 14.7. The van der Waals surface area contributed by atoms with Crippen molar-refractivity contribution in [2.45, 2.75) is 6.92 Å². The summed E-state index contributed by atoms with van der Waals surface area (Å²) in [7, 11) is 0. The highest BCUT2D eigenvalue weighted by atomic mass is 35.5. The van der Waals surface area contributed by atoms with Crippen LogP contribution in [0.3, 0.4) is 0 Å². The van der Waals surface area contributed by atoms with Gasteiger partial charge in [-0.3, -0.25) is 4.79 Å². The number of benzene rings is 2. The first-order chi connectivity index (χ1) is 11.4. The van der Waals surface area contributed by atoms with Gasteiger partial charge in [0.15, 0.2) is 0 Å². The molecule has 0 saturated carbocycles. The van der Waals surface area contributed by atoms with E-state index in [1.807, 2.05) is 31.2 Å². The summed E-state index contributed by atoms with van der Waals surface area (Å²) < 4.78 is 5.52. The zero-order valence-electron chi connectivity index (χ0n) is 13.2. The molecule has 0 bridgehead atoms. The van der Waals surface area contributed by atoms with Crippen molar-refractivity contribution in [3.63, 3.8) is 0 Å². The van der Waals surface area contributed by atoms with Crippen LogP contribution in [-0.2, 0) is 4.79 Å². The molecule has 6 heteroatoms. The van der Waals surface area contributed by atoms with Crippen molar-refractivity contribution in [3.8, 4) is 5.75 Å². The van der Waals surface area contributed by atoms with Gasteiger partial charge in [-0.05, 0) is 55.0 Å². The lowest BCUT2D eigenvalue weighted by Gasteiger charge is -2.10. The van der Waals surface area contributed by atoms with Gasteiger partial charge in [-0.25, -0.2) is 0 Å². The molecule has 1 amide bonds. The monoisotopic (exact) mass is 364 g/mol. The topological polar surface area (TPSA) is 50.4 Å². The zero-order chi connectivity index (χ0) is 17.5. The molecule has 0 radical (unpaired) electrons. The Bertz CT molecular complexity index is 730. The second-order valence-corrected chi connectivity index (χ2v) is 6.14. The Morgan fingerprint density at radius 1 is 1.17 bits per heavy atom. The maximum atomic E-state index is 12.0. The van der Waals surface area contributed by atoms with E-state index in [-0.39, 0.29) is 12.5 Å². The molecule has 0 aliphatic rings. The highest BCUT2D eigenvalue weighted by molar-refractivity contribution is 6.36. The minimum Gasteiger partial charge on any atom is -0.489 e. The molecule has 0 aromatic heterocycles. The second-order valence-electron chi connectivity index (χ2n) is 5.30. The van der Waals surface area contributed by atoms with Crippen LogP contribution < -0.4 is 15.4 Å². The lowest BCUT2D eigenvalue weighted by atomic mass is 10.3. The first kappa shape index (κ1) is 18.2. The maximum Gasteiger partial charge on any atom is 0.243 e. The number of ether oxygens (including phenoxy) is 1. The van der Waals surface area contributed by atoms with Gasteiger partial charge in [-0.1, -0.05) is 29.8 Å². The van der Waals surface area contributed by atoms with E-state index in [2.05, 4.69) is 17.2 Å². The Hall–Kier alpha value is -2.17. The smallest absolute Gasteiger partial charge is 0.243 e. The number of anilines is 2. The minimum atomic E-state index is -0.207. The van der Waals surface area contributed by atoms with Crippen LogP contribution in [0, 0.1) is 0 Å². The molecule has 2 aromatic carbocycles. The van der Waals surface area contributed by atoms with Crippen molar-refractivity contribution in [1.82, 2.24) is 0 Å². The molecular weight excluding hydrogens is 347 g/mol. The lowest BCUT2D eigenvalue weighted by Crippen LogP contribution is -2.21. The molecule has 0 aliphatic carbocycles. The van der Waals surface area contributed by atoms with E-state index in [0.29, 0.717) is 22.3 Å². The summed E-state index contributed by atoms with van der Waals surface area (Å²) in [4.78, 5) is 12.0. The van der Waals surface area contributed by atoms with Crippen LogP contribution in [0.15, 0.2) is 54.6 Å². The summed E-state index contributed by atoms with van der Waals surface area (Å²) in [5.74, 6) is 0.544. The largest absolute Gasteiger partial charge is 0.489 e. The highest BCUT2D eigenvalue weighted by Crippen LogP contribution is 2.25. The van der Waals surface area contributed by atoms with Crippen molar-refractivity contribution < 1.29 is 9.53 Å². The fraction of sp³-hybridized carbons (Fsp3) is 0.167. The van der Waals surface area contributed by atoms with Gasteiger partial charge in [0, 0.05) is 10.7 Å². The van der Waals surface area contributed by atoms with E-state index < -0.39 is 0 Å². The Balaban J connectivity index is 1.84. The van der Waals surface area contributed by atoms with Crippen LogP contribution in [0.4, 0.5) is 11.4 Å². The molecule has 126 valence electrons. The van der Waals surface area contributed by atoms with E-state index >= 15 is 0 Å². The van der Waals surface area contributed by atoms with Gasteiger partial charge in [0.05, 0.1) is 17.3 Å². The third-order valence-corrected chi connectivity index (χ3v) is 3.55. The van der Waals surface area contributed by atoms with Crippen molar-refractivity contribution in [2.24, 2.45) is 0 Å². The molecule has 2 rings (SSSR count). The molecule has 0 saturated heterocycles. The summed E-state index contributed by atoms with van der Waals surface area (Å²) in [6.45, 7) is 6.29. The number of carbonyl (C=O) groups is 1. The molecule has 2 N–H and O–H groups in total. The van der Waals surface area contributed by atoms with Crippen LogP contribution in [0.5, 0.6) is 5.75 Å². The molecule has 0 unspecified atom stereocenters. The van der Waals surface area contributed by atoms with Gasteiger partial charge in [0.25, 0.3) is 0 Å². The number of halogens is 2. The Labute approximate surface area is 151 Å². The number of hydrogen-bond donors (Lipinski definition) is 2. The SMILES string of the molecule is C=C(C)COc1ccc(NCC(=O)Nc2ccc(Cl)cc2Cl)cc1. The van der Waals surface area contributed by atoms with E-state index in [4.69, 9.17) is 27.9 Å². The van der Waals surface area contributed by atoms with Crippen molar-refractivity contribution in [1.29, 1.82) is 0 Å². The predicted octanol–water partition coefficient (Wildman–Crippen LogP) is 5.00. The molecule has 0 heterocycles. The van der Waals surface area contributed by atoms with Crippen molar-refractivity contribution >= 4 is 40.5 Å². The van der Waals surface area contributed by atoms with Gasteiger partial charge in [0.1, 0.15) is 12.4 Å². The molecule has 0 aliphatic heterocycles. The standard InChI is InChI=1S/C18H18Cl2N2O2/c1-12(2)11-24-15-6-4-14(5-7-15)21-10-18(23)22-17-8-3-13(19)9-16(17)20/h3-9,21H,1,10-11H2,2H3,(H,22,23). The fourth-order valence-electron chi connectivity index (χ4n) is 1.84. The quantitative estimate of drug-likeness (QED) is 0.679. The summed E-state index contributed by atoms with van der Waals surface area (Å²) in [6, 6.07) is 12.3.